The van der Waals surface area contributed by atoms with E-state index in [1.54, 1.807) is 31.4 Å². The fourth-order valence-electron chi connectivity index (χ4n) is 4.42. The summed E-state index contributed by atoms with van der Waals surface area (Å²) < 4.78 is 23.5. The number of hydrogen-bond donors (Lipinski definition) is 1. The van der Waals surface area contributed by atoms with Crippen LogP contribution in [-0.2, 0) is 11.2 Å². The highest BCUT2D eigenvalue weighted by molar-refractivity contribution is 5.86. The van der Waals surface area contributed by atoms with Crippen LogP contribution in [0.4, 0.5) is 0 Å². The van der Waals surface area contributed by atoms with Crippen molar-refractivity contribution in [2.75, 3.05) is 13.7 Å². The van der Waals surface area contributed by atoms with Gasteiger partial charge in [-0.05, 0) is 63.3 Å². The van der Waals surface area contributed by atoms with E-state index < -0.39 is 0 Å². The minimum atomic E-state index is -0.376. The van der Waals surface area contributed by atoms with Crippen molar-refractivity contribution in [3.05, 3.63) is 82.5 Å². The molecule has 0 radical (unpaired) electrons. The van der Waals surface area contributed by atoms with Crippen molar-refractivity contribution in [2.24, 2.45) is 0 Å². The molecule has 0 aliphatic carbocycles. The summed E-state index contributed by atoms with van der Waals surface area (Å²) in [5.74, 6) is 1.67. The molecule has 0 aliphatic rings. The fraction of sp³-hybridized carbons (Fsp3) is 0.312. The Morgan fingerprint density at radius 3 is 2.54 bits per heavy atom. The summed E-state index contributed by atoms with van der Waals surface area (Å²) in [7, 11) is 1.58. The lowest BCUT2D eigenvalue weighted by atomic mass is 10.1. The van der Waals surface area contributed by atoms with Crippen LogP contribution in [0, 0.1) is 0 Å². The van der Waals surface area contributed by atoms with E-state index in [1.807, 2.05) is 25.1 Å². The number of benzene rings is 3. The maximum absolute atomic E-state index is 12.9. The third kappa shape index (κ3) is 7.41. The first-order valence-electron chi connectivity index (χ1n) is 13.2. The van der Waals surface area contributed by atoms with Crippen molar-refractivity contribution < 1.29 is 28.5 Å². The van der Waals surface area contributed by atoms with Crippen LogP contribution in [0.5, 0.6) is 23.0 Å². The van der Waals surface area contributed by atoms with Crippen molar-refractivity contribution >= 4 is 16.8 Å². The smallest absolute Gasteiger partial charge is 0.197 e. The van der Waals surface area contributed by atoms with E-state index in [-0.39, 0.29) is 34.0 Å². The Kier molecular flexibility index (Phi) is 9.26. The summed E-state index contributed by atoms with van der Waals surface area (Å²) in [6.45, 7) is 3.85. The number of carbonyl (C=O) groups is 1. The van der Waals surface area contributed by atoms with Crippen molar-refractivity contribution in [3.63, 3.8) is 0 Å². The van der Waals surface area contributed by atoms with Gasteiger partial charge in [-0.15, -0.1) is 0 Å². The van der Waals surface area contributed by atoms with E-state index in [2.05, 4.69) is 12.1 Å². The van der Waals surface area contributed by atoms with Crippen molar-refractivity contribution in [2.45, 2.75) is 52.1 Å². The number of phenols is 1. The number of aryl methyl sites for hydroxylation is 1. The first kappa shape index (κ1) is 27.8. The van der Waals surface area contributed by atoms with Gasteiger partial charge in [-0.3, -0.25) is 4.79 Å². The molecular formula is C32H34O7. The molecule has 0 aliphatic heterocycles. The highest BCUT2D eigenvalue weighted by atomic mass is 16.5. The maximum Gasteiger partial charge on any atom is 0.197 e. The van der Waals surface area contributed by atoms with Crippen LogP contribution < -0.4 is 19.6 Å². The molecule has 0 spiro atoms. The van der Waals surface area contributed by atoms with E-state index >= 15 is 0 Å². The van der Waals surface area contributed by atoms with Gasteiger partial charge in [0.2, 0.25) is 0 Å². The number of rotatable bonds is 13. The molecule has 7 nitrogen and oxygen atoms in total. The summed E-state index contributed by atoms with van der Waals surface area (Å²) in [6.07, 6.45) is 3.73. The zero-order chi connectivity index (χ0) is 27.8. The number of Topliss-reactive ketones (excluding diaryl/α,β-unsaturated/α-hetero) is 1. The maximum atomic E-state index is 12.9. The van der Waals surface area contributed by atoms with Gasteiger partial charge in [0.25, 0.3) is 0 Å². The average molecular weight is 531 g/mol. The number of methoxy groups -OCH3 is 1. The van der Waals surface area contributed by atoms with Crippen LogP contribution >= 0.6 is 0 Å². The Balaban J connectivity index is 1.53. The molecule has 39 heavy (non-hydrogen) atoms. The van der Waals surface area contributed by atoms with Crippen molar-refractivity contribution in [1.82, 2.24) is 0 Å². The highest BCUT2D eigenvalue weighted by Gasteiger charge is 2.16. The summed E-state index contributed by atoms with van der Waals surface area (Å²) in [5, 5.41) is 10.5. The van der Waals surface area contributed by atoms with Crippen molar-refractivity contribution in [3.8, 4) is 34.3 Å². The molecule has 1 heterocycles. The highest BCUT2D eigenvalue weighted by Crippen LogP contribution is 2.36. The standard InChI is InChI=1S/C32H34O7/c1-21(33)9-8-16-37-25-18-26(34)32-27(35)20-29(39-31(32)19-25)24-14-15-28(36-3)30(17-24)38-22(2)10-7-13-23-11-5-4-6-12-23/h4-6,11-12,14-15,17-20,22,34H,7-10,13,16H2,1-3H3. The predicted molar refractivity (Wildman–Crippen MR) is 151 cm³/mol. The molecule has 7 heteroatoms. The number of ether oxygens (including phenoxy) is 3. The van der Waals surface area contributed by atoms with E-state index in [9.17, 15) is 14.7 Å². The molecule has 4 rings (SSSR count). The SMILES string of the molecule is COc1ccc(-c2cc(=O)c3c(O)cc(OCCCC(C)=O)cc3o2)cc1OC(C)CCCc1ccccc1. The number of phenolic OH excluding ortho intramolecular Hbond substituents is 1. The molecule has 0 bridgehead atoms. The van der Waals surface area contributed by atoms with Gasteiger partial charge in [0.15, 0.2) is 16.9 Å². The molecule has 1 unspecified atom stereocenters. The second-order valence-corrected chi connectivity index (χ2v) is 9.62. The summed E-state index contributed by atoms with van der Waals surface area (Å²) in [4.78, 5) is 24.1. The monoisotopic (exact) mass is 530 g/mol. The average Bonchev–Trinajstić information content (AvgIpc) is 2.91. The Bertz CT molecular complexity index is 1470. The Morgan fingerprint density at radius 2 is 1.79 bits per heavy atom. The first-order chi connectivity index (χ1) is 18.8. The van der Waals surface area contributed by atoms with Crippen LogP contribution in [0.25, 0.3) is 22.3 Å². The van der Waals surface area contributed by atoms with Crippen LogP contribution in [0.2, 0.25) is 0 Å². The van der Waals surface area contributed by atoms with Gasteiger partial charge in [0.1, 0.15) is 34.0 Å². The quantitative estimate of drug-likeness (QED) is 0.192. The summed E-state index contributed by atoms with van der Waals surface area (Å²) in [6, 6.07) is 20.0. The molecule has 0 saturated heterocycles. The second kappa shape index (κ2) is 13.0. The normalized spacial score (nSPS) is 11.8. The molecule has 0 amide bonds. The van der Waals surface area contributed by atoms with Gasteiger partial charge in [-0.2, -0.15) is 0 Å². The third-order valence-corrected chi connectivity index (χ3v) is 6.42. The first-order valence-corrected chi connectivity index (χ1v) is 13.2. The van der Waals surface area contributed by atoms with Crippen LogP contribution in [0.3, 0.4) is 0 Å². The predicted octanol–water partition coefficient (Wildman–Crippen LogP) is 6.71. The lowest BCUT2D eigenvalue weighted by molar-refractivity contribution is -0.117. The summed E-state index contributed by atoms with van der Waals surface area (Å²) in [5.41, 5.74) is 1.76. The molecule has 3 aromatic carbocycles. The minimum absolute atomic E-state index is 0.0545. The second-order valence-electron chi connectivity index (χ2n) is 9.62. The zero-order valence-electron chi connectivity index (χ0n) is 22.6. The number of carbonyl (C=O) groups excluding carboxylic acids is 1. The lowest BCUT2D eigenvalue weighted by Crippen LogP contribution is -2.12. The van der Waals surface area contributed by atoms with Gasteiger partial charge in [0.05, 0.1) is 19.8 Å². The number of ketones is 1. The molecule has 0 fully saturated rings. The molecule has 204 valence electrons. The largest absolute Gasteiger partial charge is 0.507 e. The molecule has 4 aromatic rings. The molecule has 1 aromatic heterocycles. The Morgan fingerprint density at radius 1 is 1.00 bits per heavy atom. The number of fused-ring (bicyclic) bond motifs is 1. The van der Waals surface area contributed by atoms with Gasteiger partial charge in [-0.1, -0.05) is 30.3 Å². The van der Waals surface area contributed by atoms with E-state index in [0.717, 1.165) is 19.3 Å². The zero-order valence-corrected chi connectivity index (χ0v) is 22.6. The third-order valence-electron chi connectivity index (χ3n) is 6.42. The number of aromatic hydroxyl groups is 1. The lowest BCUT2D eigenvalue weighted by Gasteiger charge is -2.18. The summed E-state index contributed by atoms with van der Waals surface area (Å²) >= 11 is 0. The van der Waals surface area contributed by atoms with Gasteiger partial charge >= 0.3 is 0 Å². The molecule has 1 atom stereocenters. The van der Waals surface area contributed by atoms with Crippen LogP contribution in [-0.4, -0.2) is 30.7 Å². The molecule has 0 saturated carbocycles. The van der Waals surface area contributed by atoms with Crippen molar-refractivity contribution in [1.29, 1.82) is 0 Å². The van der Waals surface area contributed by atoms with Gasteiger partial charge in [-0.25, -0.2) is 0 Å². The van der Waals surface area contributed by atoms with E-state index in [1.165, 1.54) is 24.6 Å². The minimum Gasteiger partial charge on any atom is -0.507 e. The van der Waals surface area contributed by atoms with Crippen LogP contribution in [0.15, 0.2) is 75.9 Å². The molecule has 1 N–H and O–H groups in total. The van der Waals surface area contributed by atoms with E-state index in [0.29, 0.717) is 48.0 Å². The molecular weight excluding hydrogens is 496 g/mol. The Labute approximate surface area is 228 Å². The van der Waals surface area contributed by atoms with E-state index in [4.69, 9.17) is 18.6 Å². The van der Waals surface area contributed by atoms with Gasteiger partial charge in [0, 0.05) is 30.2 Å². The fourth-order valence-corrected chi connectivity index (χ4v) is 4.42. The topological polar surface area (TPSA) is 95.2 Å². The Hall–Kier alpha value is -4.26. The van der Waals surface area contributed by atoms with Crippen LogP contribution in [0.1, 0.15) is 45.1 Å². The van der Waals surface area contributed by atoms with Gasteiger partial charge < -0.3 is 28.5 Å². The number of hydrogen-bond acceptors (Lipinski definition) is 7.